The lowest BCUT2D eigenvalue weighted by atomic mass is 9.64. The van der Waals surface area contributed by atoms with E-state index < -0.39 is 0 Å². The fourth-order valence-electron chi connectivity index (χ4n) is 6.48. The number of aromatic nitrogens is 2. The minimum atomic E-state index is -0.0624. The third-order valence-electron chi connectivity index (χ3n) is 7.65. The number of likely N-dealkylation sites (tertiary alicyclic amines) is 2. The third-order valence-corrected chi connectivity index (χ3v) is 7.65. The van der Waals surface area contributed by atoms with Gasteiger partial charge in [0.25, 0.3) is 5.91 Å². The molecule has 0 radical (unpaired) electrons. The molecule has 2 aromatic rings. The lowest BCUT2D eigenvalue weighted by Crippen LogP contribution is -2.62. The molecule has 156 valence electrons. The Labute approximate surface area is 177 Å². The molecule has 0 spiro atoms. The Morgan fingerprint density at radius 2 is 1.73 bits per heavy atom. The number of piperidine rings is 1. The molecule has 2 bridgehead atoms. The van der Waals surface area contributed by atoms with Crippen LogP contribution in [-0.4, -0.2) is 55.7 Å². The quantitative estimate of drug-likeness (QED) is 0.789. The van der Waals surface area contributed by atoms with Crippen LogP contribution in [0.3, 0.4) is 0 Å². The highest BCUT2D eigenvalue weighted by molar-refractivity contribution is 5.94. The summed E-state index contributed by atoms with van der Waals surface area (Å²) in [6, 6.07) is 10.6. The third kappa shape index (κ3) is 2.84. The highest BCUT2D eigenvalue weighted by atomic mass is 16.2. The number of amides is 2. The predicted octanol–water partition coefficient (Wildman–Crippen LogP) is 3.09. The summed E-state index contributed by atoms with van der Waals surface area (Å²) in [5.41, 5.74) is 1.66. The fourth-order valence-corrected chi connectivity index (χ4v) is 6.48. The molecular weight excluding hydrogens is 376 g/mol. The van der Waals surface area contributed by atoms with Crippen molar-refractivity contribution in [3.8, 4) is 0 Å². The second-order valence-electron chi connectivity index (χ2n) is 9.26. The van der Waals surface area contributed by atoms with Gasteiger partial charge in [0.15, 0.2) is 0 Å². The van der Waals surface area contributed by atoms with Crippen molar-refractivity contribution in [1.29, 1.82) is 0 Å². The van der Waals surface area contributed by atoms with Gasteiger partial charge in [0.2, 0.25) is 5.91 Å². The van der Waals surface area contributed by atoms with E-state index in [0.29, 0.717) is 5.56 Å². The highest BCUT2D eigenvalue weighted by Crippen LogP contribution is 2.56. The summed E-state index contributed by atoms with van der Waals surface area (Å²) >= 11 is 0. The maximum absolute atomic E-state index is 13.8. The van der Waals surface area contributed by atoms with Crippen LogP contribution < -0.4 is 0 Å². The standard InChI is InChI=1S/C24H28N4O2/c1-16(29)27-20-12-24(2)21(27)9-6-10-22(24)28(23(30)18-13-25-15-26-14-18)19(20)11-17-7-4-3-5-8-17/h3-5,7-8,13-15,19-22H,6,9-12H2,1-2H3/t19-,20-,21-,22+,24-/m0/s1. The lowest BCUT2D eigenvalue weighted by molar-refractivity contribution is -0.133. The molecule has 0 N–H and O–H groups in total. The summed E-state index contributed by atoms with van der Waals surface area (Å²) in [7, 11) is 0. The summed E-state index contributed by atoms with van der Waals surface area (Å²) in [5.74, 6) is 0.119. The van der Waals surface area contributed by atoms with Gasteiger partial charge in [-0.05, 0) is 37.7 Å². The number of benzene rings is 1. The first-order valence-corrected chi connectivity index (χ1v) is 10.9. The molecule has 2 saturated heterocycles. The monoisotopic (exact) mass is 404 g/mol. The van der Waals surface area contributed by atoms with Crippen molar-refractivity contribution in [3.05, 3.63) is 60.2 Å². The Kier molecular flexibility index (Phi) is 4.60. The van der Waals surface area contributed by atoms with Gasteiger partial charge in [-0.3, -0.25) is 9.59 Å². The number of hydrogen-bond acceptors (Lipinski definition) is 4. The van der Waals surface area contributed by atoms with Crippen molar-refractivity contribution < 1.29 is 9.59 Å². The van der Waals surface area contributed by atoms with Crippen molar-refractivity contribution in [1.82, 2.24) is 19.8 Å². The van der Waals surface area contributed by atoms with Crippen LogP contribution in [0.25, 0.3) is 0 Å². The minimum Gasteiger partial charge on any atom is -0.334 e. The van der Waals surface area contributed by atoms with E-state index in [2.05, 4.69) is 38.8 Å². The van der Waals surface area contributed by atoms with Crippen LogP contribution in [-0.2, 0) is 11.2 Å². The van der Waals surface area contributed by atoms with Gasteiger partial charge >= 0.3 is 0 Å². The van der Waals surface area contributed by atoms with Crippen LogP contribution in [0, 0.1) is 5.41 Å². The van der Waals surface area contributed by atoms with Crippen LogP contribution in [0.1, 0.15) is 55.5 Å². The van der Waals surface area contributed by atoms with Crippen molar-refractivity contribution in [2.24, 2.45) is 5.41 Å². The molecule has 6 heteroatoms. The molecule has 3 fully saturated rings. The number of carbonyl (C=O) groups is 2. The minimum absolute atomic E-state index is 0.0106. The number of fused-ring (bicyclic) bond motifs is 1. The molecule has 2 aliphatic heterocycles. The molecule has 2 amide bonds. The number of rotatable bonds is 3. The van der Waals surface area contributed by atoms with Crippen molar-refractivity contribution in [2.45, 2.75) is 70.1 Å². The van der Waals surface area contributed by atoms with Crippen LogP contribution in [0.15, 0.2) is 49.1 Å². The first kappa shape index (κ1) is 19.2. The molecule has 6 nitrogen and oxygen atoms in total. The van der Waals surface area contributed by atoms with E-state index in [1.165, 1.54) is 11.9 Å². The number of nitrogens with zero attached hydrogens (tertiary/aromatic N) is 4. The molecule has 1 aromatic heterocycles. The largest absolute Gasteiger partial charge is 0.334 e. The van der Waals surface area contributed by atoms with Crippen LogP contribution >= 0.6 is 0 Å². The van der Waals surface area contributed by atoms with E-state index in [0.717, 1.165) is 32.1 Å². The molecule has 1 aliphatic carbocycles. The van der Waals surface area contributed by atoms with Crippen molar-refractivity contribution in [2.75, 3.05) is 0 Å². The molecule has 5 atom stereocenters. The average Bonchev–Trinajstić information content (AvgIpc) is 3.07. The Morgan fingerprint density at radius 1 is 1.07 bits per heavy atom. The van der Waals surface area contributed by atoms with E-state index >= 15 is 0 Å². The summed E-state index contributed by atoms with van der Waals surface area (Å²) in [6.45, 7) is 3.97. The van der Waals surface area contributed by atoms with Crippen LogP contribution in [0.4, 0.5) is 0 Å². The smallest absolute Gasteiger partial charge is 0.257 e. The average molecular weight is 405 g/mol. The second-order valence-corrected chi connectivity index (χ2v) is 9.26. The first-order chi connectivity index (χ1) is 14.5. The Bertz CT molecular complexity index is 950. The van der Waals surface area contributed by atoms with Gasteiger partial charge in [-0.15, -0.1) is 0 Å². The van der Waals surface area contributed by atoms with E-state index in [4.69, 9.17) is 0 Å². The summed E-state index contributed by atoms with van der Waals surface area (Å²) < 4.78 is 0. The predicted molar refractivity (Wildman–Crippen MR) is 113 cm³/mol. The van der Waals surface area contributed by atoms with E-state index in [1.54, 1.807) is 19.3 Å². The zero-order chi connectivity index (χ0) is 20.9. The highest BCUT2D eigenvalue weighted by Gasteiger charge is 2.64. The van der Waals surface area contributed by atoms with Gasteiger partial charge in [-0.1, -0.05) is 37.3 Å². The van der Waals surface area contributed by atoms with Crippen molar-refractivity contribution >= 4 is 11.8 Å². The molecule has 3 aliphatic rings. The summed E-state index contributed by atoms with van der Waals surface area (Å²) in [5, 5.41) is 0. The van der Waals surface area contributed by atoms with Crippen LogP contribution in [0.2, 0.25) is 0 Å². The van der Waals surface area contributed by atoms with Gasteiger partial charge in [-0.2, -0.15) is 0 Å². The zero-order valence-electron chi connectivity index (χ0n) is 17.6. The van der Waals surface area contributed by atoms with Gasteiger partial charge in [0.05, 0.1) is 17.6 Å². The maximum atomic E-state index is 13.8. The molecule has 1 aromatic carbocycles. The molecule has 1 saturated carbocycles. The van der Waals surface area contributed by atoms with Crippen molar-refractivity contribution in [3.63, 3.8) is 0 Å². The molecular formula is C24H28N4O2. The normalized spacial score (nSPS) is 32.2. The molecule has 0 unspecified atom stereocenters. The van der Waals surface area contributed by atoms with Gasteiger partial charge in [0.1, 0.15) is 6.33 Å². The molecule has 3 heterocycles. The van der Waals surface area contributed by atoms with Crippen LogP contribution in [0.5, 0.6) is 0 Å². The number of carbonyl (C=O) groups excluding carboxylic acids is 2. The Morgan fingerprint density at radius 3 is 2.40 bits per heavy atom. The van der Waals surface area contributed by atoms with E-state index in [9.17, 15) is 9.59 Å². The first-order valence-electron chi connectivity index (χ1n) is 10.9. The second kappa shape index (κ2) is 7.18. The van der Waals surface area contributed by atoms with E-state index in [-0.39, 0.29) is 41.4 Å². The van der Waals surface area contributed by atoms with Gasteiger partial charge in [0, 0.05) is 36.8 Å². The Hall–Kier alpha value is -2.76. The van der Waals surface area contributed by atoms with Gasteiger partial charge in [-0.25, -0.2) is 9.97 Å². The fraction of sp³-hybridized carbons (Fsp3) is 0.500. The summed E-state index contributed by atoms with van der Waals surface area (Å²) in [4.78, 5) is 38.9. The number of hydrogen-bond donors (Lipinski definition) is 0. The molecule has 5 rings (SSSR count). The summed E-state index contributed by atoms with van der Waals surface area (Å²) in [6.07, 6.45) is 9.42. The zero-order valence-corrected chi connectivity index (χ0v) is 17.6. The Balaban J connectivity index is 1.62. The topological polar surface area (TPSA) is 66.4 Å². The van der Waals surface area contributed by atoms with Gasteiger partial charge < -0.3 is 9.80 Å². The maximum Gasteiger partial charge on any atom is 0.257 e. The lowest BCUT2D eigenvalue weighted by Gasteiger charge is -2.53. The molecule has 30 heavy (non-hydrogen) atoms. The SMILES string of the molecule is CC(=O)N1[C@H]2CCC[C@H]3N(C(=O)c4cncnc4)[C@@H](Cc4ccccc4)[C@@H]1C[C@@]23C. The van der Waals surface area contributed by atoms with E-state index in [1.807, 2.05) is 18.2 Å².